The van der Waals surface area contributed by atoms with Crippen molar-refractivity contribution in [3.8, 4) is 11.5 Å². The number of carbonyl (C=O) groups is 2. The minimum Gasteiger partial charge on any atom is -0.504 e. The summed E-state index contributed by atoms with van der Waals surface area (Å²) in [4.78, 5) is 25.0. The minimum absolute atomic E-state index is 0.0306. The number of carbonyl (C=O) groups excluding carboxylic acids is 2. The summed E-state index contributed by atoms with van der Waals surface area (Å²) in [6, 6.07) is 18.5. The Kier molecular flexibility index (Phi) is 6.44. The molecular weight excluding hydrogens is 382 g/mol. The van der Waals surface area contributed by atoms with Crippen LogP contribution >= 0.6 is 0 Å². The Morgan fingerprint density at radius 1 is 1.00 bits per heavy atom. The molecule has 7 heteroatoms. The monoisotopic (exact) mass is 403 g/mol. The second-order valence-electron chi connectivity index (χ2n) is 6.50. The van der Waals surface area contributed by atoms with Crippen LogP contribution in [0.1, 0.15) is 31.8 Å². The van der Waals surface area contributed by atoms with Crippen molar-refractivity contribution in [2.75, 3.05) is 12.4 Å². The van der Waals surface area contributed by atoms with Crippen LogP contribution in [0.3, 0.4) is 0 Å². The molecule has 3 aromatic carbocycles. The van der Waals surface area contributed by atoms with Gasteiger partial charge in [0.1, 0.15) is 0 Å². The number of amides is 2. The van der Waals surface area contributed by atoms with Gasteiger partial charge in [-0.25, -0.2) is 5.43 Å². The number of hydrazone groups is 1. The molecule has 0 saturated heterocycles. The highest BCUT2D eigenvalue weighted by molar-refractivity contribution is 6.09. The molecule has 0 aliphatic heterocycles. The molecule has 0 fully saturated rings. The number of anilines is 1. The van der Waals surface area contributed by atoms with Gasteiger partial charge in [0, 0.05) is 5.56 Å². The second kappa shape index (κ2) is 9.38. The lowest BCUT2D eigenvalue weighted by atomic mass is 10.1. The van der Waals surface area contributed by atoms with Crippen molar-refractivity contribution in [2.45, 2.75) is 6.92 Å². The molecule has 0 atom stereocenters. The standard InChI is InChI=1S/C23H21N3O4/c1-15-7-10-17(11-8-15)22(28)25-19-6-4-3-5-18(19)23(29)26-24-14-16-9-12-21(30-2)20(27)13-16/h3-14,27H,1-2H3,(H,25,28)(H,26,29)/b24-14-. The first-order valence-corrected chi connectivity index (χ1v) is 9.15. The number of aryl methyl sites for hydroxylation is 1. The van der Waals surface area contributed by atoms with Gasteiger partial charge >= 0.3 is 0 Å². The quantitative estimate of drug-likeness (QED) is 0.431. The van der Waals surface area contributed by atoms with Gasteiger partial charge < -0.3 is 15.2 Å². The molecule has 3 rings (SSSR count). The number of para-hydroxylation sites is 1. The molecule has 3 aromatic rings. The van der Waals surface area contributed by atoms with Crippen molar-refractivity contribution in [3.63, 3.8) is 0 Å². The van der Waals surface area contributed by atoms with E-state index in [0.29, 0.717) is 22.6 Å². The summed E-state index contributed by atoms with van der Waals surface area (Å²) < 4.78 is 4.98. The zero-order valence-corrected chi connectivity index (χ0v) is 16.5. The Bertz CT molecular complexity index is 1090. The third kappa shape index (κ3) is 5.02. The van der Waals surface area contributed by atoms with Gasteiger partial charge in [-0.05, 0) is 55.0 Å². The van der Waals surface area contributed by atoms with Crippen LogP contribution in [-0.4, -0.2) is 30.2 Å². The number of methoxy groups -OCH3 is 1. The summed E-state index contributed by atoms with van der Waals surface area (Å²) in [6.45, 7) is 1.94. The maximum absolute atomic E-state index is 12.5. The number of benzene rings is 3. The van der Waals surface area contributed by atoms with E-state index < -0.39 is 5.91 Å². The lowest BCUT2D eigenvalue weighted by molar-refractivity contribution is 0.0956. The van der Waals surface area contributed by atoms with Crippen LogP contribution < -0.4 is 15.5 Å². The molecule has 0 unspecified atom stereocenters. The van der Waals surface area contributed by atoms with E-state index in [-0.39, 0.29) is 17.2 Å². The van der Waals surface area contributed by atoms with Crippen molar-refractivity contribution in [3.05, 3.63) is 89.0 Å². The van der Waals surface area contributed by atoms with Crippen LogP contribution in [0.2, 0.25) is 0 Å². The predicted molar refractivity (Wildman–Crippen MR) is 115 cm³/mol. The van der Waals surface area contributed by atoms with Crippen LogP contribution in [0.15, 0.2) is 71.8 Å². The normalized spacial score (nSPS) is 10.6. The molecule has 0 aliphatic rings. The molecule has 0 radical (unpaired) electrons. The van der Waals surface area contributed by atoms with E-state index in [2.05, 4.69) is 15.8 Å². The van der Waals surface area contributed by atoms with E-state index in [1.165, 1.54) is 19.4 Å². The molecular formula is C23H21N3O4. The summed E-state index contributed by atoms with van der Waals surface area (Å²) >= 11 is 0. The SMILES string of the molecule is COc1ccc(/C=N\NC(=O)c2ccccc2NC(=O)c2ccc(C)cc2)cc1O. The fraction of sp³-hybridized carbons (Fsp3) is 0.0870. The fourth-order valence-corrected chi connectivity index (χ4v) is 2.70. The third-order valence-corrected chi connectivity index (χ3v) is 4.32. The molecule has 0 aliphatic carbocycles. The summed E-state index contributed by atoms with van der Waals surface area (Å²) in [6.07, 6.45) is 1.39. The zero-order valence-electron chi connectivity index (χ0n) is 16.5. The van der Waals surface area contributed by atoms with E-state index in [0.717, 1.165) is 5.56 Å². The number of hydrogen-bond acceptors (Lipinski definition) is 5. The maximum Gasteiger partial charge on any atom is 0.273 e. The van der Waals surface area contributed by atoms with Gasteiger partial charge in [0.05, 0.1) is 24.6 Å². The van der Waals surface area contributed by atoms with Crippen LogP contribution in [-0.2, 0) is 0 Å². The molecule has 0 heterocycles. The molecule has 30 heavy (non-hydrogen) atoms. The van der Waals surface area contributed by atoms with Crippen LogP contribution in [0.5, 0.6) is 11.5 Å². The minimum atomic E-state index is -0.483. The molecule has 0 saturated carbocycles. The summed E-state index contributed by atoms with van der Waals surface area (Å²) in [5.41, 5.74) is 5.19. The number of phenols is 1. The highest BCUT2D eigenvalue weighted by Gasteiger charge is 2.13. The van der Waals surface area contributed by atoms with Crippen molar-refractivity contribution >= 4 is 23.7 Å². The first-order valence-electron chi connectivity index (χ1n) is 9.15. The van der Waals surface area contributed by atoms with Gasteiger partial charge in [0.15, 0.2) is 11.5 Å². The fourth-order valence-electron chi connectivity index (χ4n) is 2.70. The molecule has 0 bridgehead atoms. The summed E-state index contributed by atoms with van der Waals surface area (Å²) in [5, 5.41) is 16.5. The molecule has 7 nitrogen and oxygen atoms in total. The number of phenolic OH excluding ortho intramolecular Hbond substituents is 1. The van der Waals surface area contributed by atoms with Crippen LogP contribution in [0.4, 0.5) is 5.69 Å². The number of nitrogens with one attached hydrogen (secondary N) is 2. The first kappa shape index (κ1) is 20.6. The van der Waals surface area contributed by atoms with Crippen LogP contribution in [0.25, 0.3) is 0 Å². The van der Waals surface area contributed by atoms with E-state index in [4.69, 9.17) is 4.74 Å². The first-order chi connectivity index (χ1) is 14.5. The third-order valence-electron chi connectivity index (χ3n) is 4.32. The highest BCUT2D eigenvalue weighted by atomic mass is 16.5. The van der Waals surface area contributed by atoms with E-state index in [1.54, 1.807) is 48.5 Å². The molecule has 152 valence electrons. The van der Waals surface area contributed by atoms with Gasteiger partial charge in [-0.3, -0.25) is 9.59 Å². The maximum atomic E-state index is 12.5. The molecule has 0 spiro atoms. The smallest absolute Gasteiger partial charge is 0.273 e. The van der Waals surface area contributed by atoms with Crippen LogP contribution in [0, 0.1) is 6.92 Å². The number of ether oxygens (including phenoxy) is 1. The van der Waals surface area contributed by atoms with Gasteiger partial charge in [0.25, 0.3) is 11.8 Å². The molecule has 0 aromatic heterocycles. The highest BCUT2D eigenvalue weighted by Crippen LogP contribution is 2.25. The predicted octanol–water partition coefficient (Wildman–Crippen LogP) is 3.73. The largest absolute Gasteiger partial charge is 0.504 e. The van der Waals surface area contributed by atoms with Gasteiger partial charge in [-0.15, -0.1) is 0 Å². The average molecular weight is 403 g/mol. The molecule has 3 N–H and O–H groups in total. The Labute approximate surface area is 174 Å². The number of rotatable bonds is 6. The van der Waals surface area contributed by atoms with Gasteiger partial charge in [-0.2, -0.15) is 5.10 Å². The Morgan fingerprint density at radius 2 is 1.73 bits per heavy atom. The van der Waals surface area contributed by atoms with E-state index >= 15 is 0 Å². The van der Waals surface area contributed by atoms with Crippen molar-refractivity contribution in [1.29, 1.82) is 0 Å². The average Bonchev–Trinajstić information content (AvgIpc) is 2.74. The number of nitrogens with zero attached hydrogens (tertiary/aromatic N) is 1. The summed E-state index contributed by atoms with van der Waals surface area (Å²) in [5.74, 6) is -0.484. The lowest BCUT2D eigenvalue weighted by Crippen LogP contribution is -2.21. The van der Waals surface area contributed by atoms with Gasteiger partial charge in [-0.1, -0.05) is 29.8 Å². The zero-order chi connectivity index (χ0) is 21.5. The molecule has 2 amide bonds. The van der Waals surface area contributed by atoms with Crippen molar-refractivity contribution in [2.24, 2.45) is 5.10 Å². The van der Waals surface area contributed by atoms with E-state index in [9.17, 15) is 14.7 Å². The Balaban J connectivity index is 1.70. The summed E-state index contributed by atoms with van der Waals surface area (Å²) in [7, 11) is 1.46. The Morgan fingerprint density at radius 3 is 2.43 bits per heavy atom. The van der Waals surface area contributed by atoms with Crippen molar-refractivity contribution < 1.29 is 19.4 Å². The number of aromatic hydroxyl groups is 1. The second-order valence-corrected chi connectivity index (χ2v) is 6.50. The Hall–Kier alpha value is -4.13. The topological polar surface area (TPSA) is 100 Å². The number of hydrogen-bond donors (Lipinski definition) is 3. The van der Waals surface area contributed by atoms with Gasteiger partial charge in [0.2, 0.25) is 0 Å². The van der Waals surface area contributed by atoms with Crippen molar-refractivity contribution in [1.82, 2.24) is 5.43 Å². The van der Waals surface area contributed by atoms with E-state index in [1.807, 2.05) is 19.1 Å². The lowest BCUT2D eigenvalue weighted by Gasteiger charge is -2.10.